The van der Waals surface area contributed by atoms with Crippen molar-refractivity contribution >= 4 is 18.5 Å². The van der Waals surface area contributed by atoms with Crippen LogP contribution >= 0.6 is 0 Å². The molecule has 4 unspecified atom stereocenters. The van der Waals surface area contributed by atoms with Crippen molar-refractivity contribution in [3.8, 4) is 5.88 Å². The van der Waals surface area contributed by atoms with Gasteiger partial charge in [-0.3, -0.25) is 4.79 Å². The van der Waals surface area contributed by atoms with Crippen molar-refractivity contribution in [3.63, 3.8) is 0 Å². The number of ether oxygens (including phenoxy) is 1. The number of nitrogens with zero attached hydrogens (tertiary/aromatic N) is 4. The van der Waals surface area contributed by atoms with Crippen molar-refractivity contribution in [1.82, 2.24) is 9.88 Å². The van der Waals surface area contributed by atoms with Crippen molar-refractivity contribution in [3.05, 3.63) is 71.1 Å². The minimum Gasteiger partial charge on any atom is -0.472 e. The first kappa shape index (κ1) is 22.4. The number of allylic oxidation sites excluding steroid dienone is 1. The lowest BCUT2D eigenvalue weighted by Gasteiger charge is -2.47. The van der Waals surface area contributed by atoms with E-state index in [0.717, 1.165) is 24.6 Å². The number of benzene rings is 1. The van der Waals surface area contributed by atoms with Gasteiger partial charge < -0.3 is 9.64 Å². The summed E-state index contributed by atoms with van der Waals surface area (Å²) in [6.07, 6.45) is 4.54. The molecule has 2 aromatic rings. The van der Waals surface area contributed by atoms with Crippen LogP contribution in [0.5, 0.6) is 5.88 Å². The zero-order valence-electron chi connectivity index (χ0n) is 19.5. The highest BCUT2D eigenvalue weighted by atomic mass is 19.1. The molecule has 0 bridgehead atoms. The molecule has 2 aliphatic carbocycles. The molecule has 1 aromatic heterocycles. The van der Waals surface area contributed by atoms with Gasteiger partial charge in [-0.25, -0.2) is 18.3 Å². The molecular weight excluding hydrogens is 438 g/mol. The van der Waals surface area contributed by atoms with E-state index < -0.39 is 11.6 Å². The van der Waals surface area contributed by atoms with Gasteiger partial charge in [0.2, 0.25) is 5.88 Å². The van der Waals surface area contributed by atoms with Gasteiger partial charge in [0.05, 0.1) is 25.4 Å². The van der Waals surface area contributed by atoms with Crippen molar-refractivity contribution in [1.29, 1.82) is 0 Å². The van der Waals surface area contributed by atoms with Crippen LogP contribution in [-0.2, 0) is 0 Å². The molecule has 3 fully saturated rings. The van der Waals surface area contributed by atoms with Gasteiger partial charge in [-0.1, -0.05) is 12.1 Å². The summed E-state index contributed by atoms with van der Waals surface area (Å²) in [6, 6.07) is 8.04. The number of aryl methyl sites for hydroxylation is 1. The Morgan fingerprint density at radius 1 is 1.35 bits per heavy atom. The second-order valence-corrected chi connectivity index (χ2v) is 9.60. The number of rotatable bonds is 5. The third-order valence-corrected chi connectivity index (χ3v) is 7.17. The van der Waals surface area contributed by atoms with Gasteiger partial charge in [-0.2, -0.15) is 0 Å². The second-order valence-electron chi connectivity index (χ2n) is 9.60. The fraction of sp³-hybridized carbons (Fsp3) is 0.385. The third kappa shape index (κ3) is 3.61. The van der Waals surface area contributed by atoms with E-state index >= 15 is 4.39 Å². The predicted molar refractivity (Wildman–Crippen MR) is 124 cm³/mol. The van der Waals surface area contributed by atoms with Crippen LogP contribution in [0.1, 0.15) is 41.3 Å². The number of pyridine rings is 1. The summed E-state index contributed by atoms with van der Waals surface area (Å²) in [5, 5.41) is 0. The molecule has 1 saturated heterocycles. The summed E-state index contributed by atoms with van der Waals surface area (Å²) in [4.78, 5) is 24.0. The number of aliphatic imine (C=N–C) groups is 1. The molecule has 1 aromatic carbocycles. The molecule has 6 nitrogen and oxygen atoms in total. The number of aromatic nitrogens is 1. The second kappa shape index (κ2) is 8.11. The van der Waals surface area contributed by atoms with Crippen molar-refractivity contribution in [2.75, 3.05) is 13.6 Å². The number of piperidine rings is 1. The number of hydrogen-bond acceptors (Lipinski definition) is 4. The largest absolute Gasteiger partial charge is 0.472 e. The molecule has 2 saturated carbocycles. The van der Waals surface area contributed by atoms with Crippen LogP contribution < -0.4 is 4.74 Å². The van der Waals surface area contributed by atoms with Crippen molar-refractivity contribution in [2.45, 2.75) is 38.8 Å². The van der Waals surface area contributed by atoms with Crippen LogP contribution in [0.15, 0.2) is 53.5 Å². The lowest BCUT2D eigenvalue weighted by atomic mass is 9.73. The number of halogens is 2. The van der Waals surface area contributed by atoms with E-state index in [9.17, 15) is 9.18 Å². The Hall–Kier alpha value is -3.42. The molecule has 0 radical (unpaired) electrons. The number of hydrogen-bond donors (Lipinski definition) is 0. The summed E-state index contributed by atoms with van der Waals surface area (Å²) >= 11 is 0. The van der Waals surface area contributed by atoms with E-state index in [1.54, 1.807) is 19.3 Å². The Morgan fingerprint density at radius 2 is 2.15 bits per heavy atom. The molecule has 1 amide bonds. The topological polar surface area (TPSA) is 57.8 Å². The van der Waals surface area contributed by atoms with Gasteiger partial charge >= 0.3 is 5.84 Å². The van der Waals surface area contributed by atoms with Crippen LogP contribution in [0, 0.1) is 24.1 Å². The Labute approximate surface area is 197 Å². The normalized spacial score (nSPS) is 27.6. The number of likely N-dealkylation sites (tertiary alicyclic amines) is 1. The number of carbonyl (C=O) groups excluding carboxylic acids is 1. The maximum Gasteiger partial charge on any atom is 0.333 e. The van der Waals surface area contributed by atoms with E-state index in [2.05, 4.69) is 16.7 Å². The number of amidine groups is 1. The minimum atomic E-state index is -0.616. The quantitative estimate of drug-likeness (QED) is 0.379. The van der Waals surface area contributed by atoms with E-state index in [4.69, 9.17) is 4.74 Å². The Morgan fingerprint density at radius 3 is 2.82 bits per heavy atom. The van der Waals surface area contributed by atoms with Gasteiger partial charge in [0.25, 0.3) is 5.91 Å². The average Bonchev–Trinajstić information content (AvgIpc) is 3.43. The highest BCUT2D eigenvalue weighted by Crippen LogP contribution is 2.71. The maximum absolute atomic E-state index is 15.0. The Balaban J connectivity index is 1.47. The van der Waals surface area contributed by atoms with Crippen LogP contribution in [0.25, 0.3) is 0 Å². The zero-order chi connectivity index (χ0) is 24.2. The van der Waals surface area contributed by atoms with Gasteiger partial charge in [-0.05, 0) is 55.3 Å². The fourth-order valence-corrected chi connectivity index (χ4v) is 5.52. The molecule has 34 heavy (non-hydrogen) atoms. The zero-order valence-corrected chi connectivity index (χ0v) is 19.5. The highest BCUT2D eigenvalue weighted by Gasteiger charge is 2.76. The average molecular weight is 466 g/mol. The number of carbonyl (C=O) groups is 1. The molecular formula is C26H27F2N4O2+. The first-order valence-electron chi connectivity index (χ1n) is 11.3. The van der Waals surface area contributed by atoms with Gasteiger partial charge in [-0.15, -0.1) is 0 Å². The minimum absolute atomic E-state index is 0.00844. The molecule has 8 heteroatoms. The molecule has 0 N–H and O–H groups in total. The van der Waals surface area contributed by atoms with E-state index in [1.807, 2.05) is 24.0 Å². The lowest BCUT2D eigenvalue weighted by Crippen LogP contribution is -2.59. The van der Waals surface area contributed by atoms with Gasteiger partial charge in [0.1, 0.15) is 23.3 Å². The first-order valence-corrected chi connectivity index (χ1v) is 11.3. The molecule has 3 aliphatic rings. The van der Waals surface area contributed by atoms with Crippen LogP contribution in [0.2, 0.25) is 0 Å². The van der Waals surface area contributed by atoms with Crippen LogP contribution in [0.3, 0.4) is 0 Å². The summed E-state index contributed by atoms with van der Waals surface area (Å²) in [6.45, 7) is 7.60. The molecule has 4 atom stereocenters. The van der Waals surface area contributed by atoms with Crippen molar-refractivity contribution < 1.29 is 22.9 Å². The Kier molecular flexibility index (Phi) is 5.34. The molecule has 176 valence electrons. The third-order valence-electron chi connectivity index (χ3n) is 7.17. The van der Waals surface area contributed by atoms with Gasteiger partial charge in [0, 0.05) is 24.2 Å². The fourth-order valence-electron chi connectivity index (χ4n) is 5.52. The van der Waals surface area contributed by atoms with E-state index in [0.29, 0.717) is 18.3 Å². The summed E-state index contributed by atoms with van der Waals surface area (Å²) < 4.78 is 35.9. The first-order chi connectivity index (χ1) is 16.2. The van der Waals surface area contributed by atoms with Crippen LogP contribution in [-0.4, -0.2) is 58.7 Å². The summed E-state index contributed by atoms with van der Waals surface area (Å²) in [5.74, 6) is -0.395. The summed E-state index contributed by atoms with van der Waals surface area (Å²) in [7, 11) is 1.57. The predicted octanol–water partition coefficient (Wildman–Crippen LogP) is 4.13. The highest BCUT2D eigenvalue weighted by molar-refractivity contribution is 6.07. The smallest absolute Gasteiger partial charge is 0.333 e. The molecule has 1 aliphatic heterocycles. The Bertz CT molecular complexity index is 1240. The summed E-state index contributed by atoms with van der Waals surface area (Å²) in [5.41, 5.74) is 1.32. The standard InChI is InChI=1S/C26H27F2N4O2/c1-15-8-9-21(29-12-15)34-20-11-26-10-17(26)14-32(23(20)26)25(33)18-6-5-7-19(28)22(18)24(31(3)4)30-13-16(2)27/h5-9,12-13,17,20,23H,3,10-11,14H2,1-2,4H3/q+1/b16-13+,30-24?. The maximum atomic E-state index is 15.0. The number of amides is 1. The molecule has 1 spiro atoms. The SMILES string of the molecule is C=[N+](C)C(=N/C=C(\C)F)c1c(F)cccc1C(=O)N1CC2CC23CC(Oc2ccc(C)cn2)C13. The molecule has 2 heterocycles. The van der Waals surface area contributed by atoms with Crippen LogP contribution in [0.4, 0.5) is 8.78 Å². The monoisotopic (exact) mass is 465 g/mol. The van der Waals surface area contributed by atoms with Crippen molar-refractivity contribution in [2.24, 2.45) is 16.3 Å². The van der Waals surface area contributed by atoms with E-state index in [-0.39, 0.29) is 40.4 Å². The lowest BCUT2D eigenvalue weighted by molar-refractivity contribution is -0.359. The van der Waals surface area contributed by atoms with Gasteiger partial charge in [0.15, 0.2) is 6.20 Å². The van der Waals surface area contributed by atoms with E-state index in [1.165, 1.54) is 23.6 Å². The molecule has 5 rings (SSSR count).